The van der Waals surface area contributed by atoms with Crippen molar-refractivity contribution in [3.05, 3.63) is 34.3 Å². The molecule has 1 saturated heterocycles. The maximum atomic E-state index is 13.5. The van der Waals surface area contributed by atoms with Gasteiger partial charge in [-0.3, -0.25) is 48.5 Å². The van der Waals surface area contributed by atoms with Crippen LogP contribution in [-0.4, -0.2) is 94.9 Å². The standard InChI is InChI=1S/C48H73N11O8/c1-24(61)22-55-38(67)14-16-45(6)30(18-35(51)64)43-48(9)47(8,21-37(53)66)29(15-17-54-23-60)40(59-48)26(3)42-46(7,20-36(52)65)27(10-12-33(49)62)31(56-42)19-32-44(4,5)28(11-13-34(50)63)39(57-32)25(2)41(45)58-43/h19,23-24,27-30,43,56,61H,10-18,20-22H2,1-9H3,(H2,49,62)(H2,50,63)(H2,51,64)(H2,52,65)(H2,53,66)(H,54,60)(H,55,67)/b31-19?,39-25?,42-26-/t24-,27-,28-,29-,30+,43-,45-,46+,47+,48+/m1/s1. The number of allylic oxidation sites excluding steroid dienone is 6. The minimum absolute atomic E-state index is 0.0141. The quantitative estimate of drug-likeness (QED) is 0.0596. The average Bonchev–Trinajstić information content (AvgIpc) is 3.82. The van der Waals surface area contributed by atoms with Gasteiger partial charge in [0.05, 0.1) is 17.7 Å². The summed E-state index contributed by atoms with van der Waals surface area (Å²) in [6, 6.07) is -0.880. The van der Waals surface area contributed by atoms with Crippen molar-refractivity contribution < 1.29 is 38.7 Å². The van der Waals surface area contributed by atoms with Gasteiger partial charge in [0.25, 0.3) is 0 Å². The summed E-state index contributed by atoms with van der Waals surface area (Å²) in [6.45, 7) is 17.3. The number of rotatable bonds is 21. The molecule has 368 valence electrons. The minimum Gasteiger partial charge on any atom is -0.392 e. The molecule has 0 saturated carbocycles. The Balaban J connectivity index is 1.99. The molecule has 5 aliphatic heterocycles. The molecular weight excluding hydrogens is 859 g/mol. The summed E-state index contributed by atoms with van der Waals surface area (Å²) < 4.78 is 0. The number of nitrogens with one attached hydrogen (secondary N) is 3. The third kappa shape index (κ3) is 9.84. The first-order valence-electron chi connectivity index (χ1n) is 23.3. The summed E-state index contributed by atoms with van der Waals surface area (Å²) in [7, 11) is 0. The van der Waals surface area contributed by atoms with E-state index in [0.717, 1.165) is 0 Å². The first kappa shape index (κ1) is 52.3. The number of hydrogen-bond donors (Lipinski definition) is 9. The summed E-state index contributed by atoms with van der Waals surface area (Å²) in [6.07, 6.45) is 2.24. The topological polar surface area (TPSA) is 343 Å². The van der Waals surface area contributed by atoms with Crippen LogP contribution >= 0.6 is 0 Å². The Bertz CT molecular complexity index is 2280. The molecule has 7 amide bonds. The van der Waals surface area contributed by atoms with E-state index in [-0.39, 0.29) is 70.4 Å². The van der Waals surface area contributed by atoms with Gasteiger partial charge in [-0.05, 0) is 70.6 Å². The molecule has 0 aromatic heterocycles. The van der Waals surface area contributed by atoms with E-state index in [1.807, 2.05) is 61.5 Å². The van der Waals surface area contributed by atoms with Crippen LogP contribution in [-0.2, 0) is 33.6 Å². The van der Waals surface area contributed by atoms with E-state index >= 15 is 0 Å². The fraction of sp³-hybridized carbons (Fsp3) is 0.667. The van der Waals surface area contributed by atoms with Crippen molar-refractivity contribution in [1.82, 2.24) is 16.0 Å². The number of aliphatic hydroxyl groups is 1. The third-order valence-corrected chi connectivity index (χ3v) is 16.1. The van der Waals surface area contributed by atoms with Crippen LogP contribution in [0, 0.1) is 45.3 Å². The second kappa shape index (κ2) is 19.5. The average molecular weight is 932 g/mol. The van der Waals surface area contributed by atoms with E-state index in [1.165, 1.54) is 0 Å². The van der Waals surface area contributed by atoms with E-state index < -0.39 is 92.6 Å². The van der Waals surface area contributed by atoms with E-state index in [0.29, 0.717) is 64.6 Å². The number of nitrogens with zero attached hydrogens (tertiary/aromatic N) is 3. The molecule has 8 bridgehead atoms. The zero-order chi connectivity index (χ0) is 50.2. The van der Waals surface area contributed by atoms with Gasteiger partial charge < -0.3 is 49.7 Å². The number of amides is 7. The predicted octanol–water partition coefficient (Wildman–Crippen LogP) is 1.61. The molecule has 67 heavy (non-hydrogen) atoms. The van der Waals surface area contributed by atoms with Gasteiger partial charge in [-0.2, -0.15) is 0 Å². The summed E-state index contributed by atoms with van der Waals surface area (Å²) in [4.78, 5) is 107. The smallest absolute Gasteiger partial charge is 0.220 e. The lowest BCUT2D eigenvalue weighted by Gasteiger charge is -2.48. The van der Waals surface area contributed by atoms with E-state index in [2.05, 4.69) is 16.0 Å². The maximum Gasteiger partial charge on any atom is 0.220 e. The molecule has 0 aromatic carbocycles. The molecule has 0 spiro atoms. The van der Waals surface area contributed by atoms with Crippen LogP contribution in [0.4, 0.5) is 0 Å². The van der Waals surface area contributed by atoms with Crippen molar-refractivity contribution in [2.24, 2.45) is 89.0 Å². The van der Waals surface area contributed by atoms with Gasteiger partial charge in [0.2, 0.25) is 41.9 Å². The Hall–Kier alpha value is -5.72. The maximum absolute atomic E-state index is 13.5. The molecule has 5 heterocycles. The number of aliphatic imine (C=N–C) groups is 3. The minimum atomic E-state index is -1.34. The molecule has 0 unspecified atom stereocenters. The predicted molar refractivity (Wildman–Crippen MR) is 254 cm³/mol. The number of carbonyl (C=O) groups is 7. The zero-order valence-electron chi connectivity index (χ0n) is 40.6. The molecular formula is C48H73N11O8. The number of fused-ring (bicyclic) bond motifs is 6. The van der Waals surface area contributed by atoms with Crippen molar-refractivity contribution >= 4 is 59.0 Å². The lowest BCUT2D eigenvalue weighted by Crippen LogP contribution is -2.56. The van der Waals surface area contributed by atoms with Gasteiger partial charge >= 0.3 is 0 Å². The number of primary amides is 5. The molecule has 0 radical (unpaired) electrons. The van der Waals surface area contributed by atoms with E-state index in [4.69, 9.17) is 43.6 Å². The normalized spacial score (nSPS) is 33.3. The van der Waals surface area contributed by atoms with Crippen LogP contribution in [0.1, 0.15) is 127 Å². The highest BCUT2D eigenvalue weighted by Crippen LogP contribution is 2.62. The number of aliphatic hydroxyl groups excluding tert-OH is 1. The molecule has 10 atom stereocenters. The summed E-state index contributed by atoms with van der Waals surface area (Å²) in [5.74, 6) is -5.43. The van der Waals surface area contributed by atoms with Gasteiger partial charge in [-0.25, -0.2) is 0 Å². The number of hydrogen-bond acceptors (Lipinski definition) is 12. The highest BCUT2D eigenvalue weighted by atomic mass is 16.3. The Morgan fingerprint density at radius 1 is 0.806 bits per heavy atom. The zero-order valence-corrected chi connectivity index (χ0v) is 40.6. The highest BCUT2D eigenvalue weighted by molar-refractivity contribution is 6.10. The second-order valence-corrected chi connectivity index (χ2v) is 21.0. The van der Waals surface area contributed by atoms with Crippen LogP contribution in [0.15, 0.2) is 49.3 Å². The van der Waals surface area contributed by atoms with Crippen molar-refractivity contribution in [3.8, 4) is 0 Å². The molecule has 0 aromatic rings. The van der Waals surface area contributed by atoms with Gasteiger partial charge in [0.15, 0.2) is 0 Å². The highest BCUT2D eigenvalue weighted by Gasteiger charge is 2.66. The Labute approximate surface area is 393 Å². The fourth-order valence-corrected chi connectivity index (χ4v) is 12.3. The first-order chi connectivity index (χ1) is 31.1. The molecule has 5 aliphatic rings. The van der Waals surface area contributed by atoms with Crippen molar-refractivity contribution in [1.29, 1.82) is 0 Å². The van der Waals surface area contributed by atoms with Crippen LogP contribution in [0.3, 0.4) is 0 Å². The lowest BCUT2D eigenvalue weighted by atomic mass is 9.55. The second-order valence-electron chi connectivity index (χ2n) is 21.0. The SMILES string of the molecule is CC1=C2N=C(C=C3N/C(=C(/C)C4=N[C@@](C)([C@@H]5N=C1[C@](C)(CCC(=O)NC[C@@H](C)O)[C@H]5CC(N)=O)[C@@](C)(CC(N)=O)[C@@H]4CCNC=O)[C@@](C)(CC(N)=O)[C@@H]3CCC(N)=O)C(C)(C)[C@@H]2CCC(N)=O. The van der Waals surface area contributed by atoms with Crippen LogP contribution in [0.25, 0.3) is 0 Å². The Morgan fingerprint density at radius 2 is 1.42 bits per heavy atom. The summed E-state index contributed by atoms with van der Waals surface area (Å²) in [5, 5.41) is 19.2. The number of carbonyl (C=O) groups excluding carboxylic acids is 7. The van der Waals surface area contributed by atoms with E-state index in [1.54, 1.807) is 6.92 Å². The molecule has 14 N–H and O–H groups in total. The molecule has 19 nitrogen and oxygen atoms in total. The Kier molecular flexibility index (Phi) is 15.2. The van der Waals surface area contributed by atoms with E-state index in [9.17, 15) is 38.7 Å². The summed E-state index contributed by atoms with van der Waals surface area (Å²) >= 11 is 0. The monoisotopic (exact) mass is 932 g/mol. The molecule has 5 rings (SSSR count). The van der Waals surface area contributed by atoms with Gasteiger partial charge in [0.1, 0.15) is 0 Å². The van der Waals surface area contributed by atoms with Crippen molar-refractivity contribution in [3.63, 3.8) is 0 Å². The van der Waals surface area contributed by atoms with Crippen molar-refractivity contribution in [2.75, 3.05) is 13.1 Å². The van der Waals surface area contributed by atoms with Gasteiger partial charge in [-0.1, -0.05) is 34.6 Å². The largest absolute Gasteiger partial charge is 0.392 e. The van der Waals surface area contributed by atoms with Crippen molar-refractivity contribution in [2.45, 2.75) is 144 Å². The number of nitrogens with two attached hydrogens (primary N) is 5. The summed E-state index contributed by atoms with van der Waals surface area (Å²) in [5.41, 5.74) is 29.5. The van der Waals surface area contributed by atoms with Crippen LogP contribution in [0.5, 0.6) is 0 Å². The molecule has 0 aliphatic carbocycles. The lowest BCUT2D eigenvalue weighted by molar-refractivity contribution is -0.124. The van der Waals surface area contributed by atoms with Crippen LogP contribution < -0.4 is 44.6 Å². The first-order valence-corrected chi connectivity index (χ1v) is 23.3. The third-order valence-electron chi connectivity index (χ3n) is 16.1. The fourth-order valence-electron chi connectivity index (χ4n) is 12.3. The van der Waals surface area contributed by atoms with Gasteiger partial charge in [0, 0.05) is 131 Å². The molecule has 1 fully saturated rings. The van der Waals surface area contributed by atoms with Crippen LogP contribution in [0.2, 0.25) is 0 Å². The van der Waals surface area contributed by atoms with Gasteiger partial charge in [-0.15, -0.1) is 0 Å². The Morgan fingerprint density at radius 3 is 1.97 bits per heavy atom. The molecule has 19 heteroatoms.